The smallest absolute Gasteiger partial charge is 0.229 e. The number of nitrogens with zero attached hydrogens (tertiary/aromatic N) is 3. The Morgan fingerprint density at radius 2 is 1.65 bits per heavy atom. The molecule has 2 aromatic carbocycles. The lowest BCUT2D eigenvalue weighted by Gasteiger charge is -2.14. The van der Waals surface area contributed by atoms with Gasteiger partial charge in [-0.2, -0.15) is 4.98 Å². The van der Waals surface area contributed by atoms with E-state index in [0.717, 1.165) is 41.4 Å². The summed E-state index contributed by atoms with van der Waals surface area (Å²) in [6, 6.07) is 20.4. The van der Waals surface area contributed by atoms with Gasteiger partial charge in [-0.1, -0.05) is 37.3 Å². The van der Waals surface area contributed by atoms with E-state index in [-0.39, 0.29) is 0 Å². The molecule has 5 heteroatoms. The predicted molar refractivity (Wildman–Crippen MR) is 110 cm³/mol. The van der Waals surface area contributed by atoms with Crippen LogP contribution in [0.2, 0.25) is 0 Å². The van der Waals surface area contributed by atoms with E-state index in [9.17, 15) is 0 Å². The van der Waals surface area contributed by atoms with E-state index in [0.29, 0.717) is 5.95 Å². The van der Waals surface area contributed by atoms with E-state index in [1.807, 2.05) is 50.5 Å². The molecule has 0 atom stereocenters. The number of rotatable bonds is 7. The number of hydrogen-bond acceptors (Lipinski definition) is 5. The van der Waals surface area contributed by atoms with Crippen LogP contribution < -0.4 is 15.5 Å². The minimum atomic E-state index is 0.586. The lowest BCUT2D eigenvalue weighted by molar-refractivity contribution is 0.966. The van der Waals surface area contributed by atoms with Gasteiger partial charge in [0.2, 0.25) is 5.95 Å². The molecule has 3 rings (SSSR count). The van der Waals surface area contributed by atoms with Gasteiger partial charge in [0.25, 0.3) is 0 Å². The van der Waals surface area contributed by atoms with Crippen LogP contribution in [0.4, 0.5) is 23.1 Å². The van der Waals surface area contributed by atoms with Gasteiger partial charge in [-0.15, -0.1) is 0 Å². The van der Waals surface area contributed by atoms with Gasteiger partial charge in [-0.25, -0.2) is 4.98 Å². The molecule has 0 aliphatic heterocycles. The second-order valence-corrected chi connectivity index (χ2v) is 6.32. The van der Waals surface area contributed by atoms with Crippen molar-refractivity contribution in [1.82, 2.24) is 9.97 Å². The van der Waals surface area contributed by atoms with Gasteiger partial charge >= 0.3 is 0 Å². The van der Waals surface area contributed by atoms with Crippen LogP contribution in [0.15, 0.2) is 60.7 Å². The second-order valence-electron chi connectivity index (χ2n) is 6.32. The van der Waals surface area contributed by atoms with E-state index in [2.05, 4.69) is 51.7 Å². The summed E-state index contributed by atoms with van der Waals surface area (Å²) in [4.78, 5) is 11.4. The van der Waals surface area contributed by atoms with Gasteiger partial charge < -0.3 is 15.5 Å². The van der Waals surface area contributed by atoms with Crippen molar-refractivity contribution in [2.24, 2.45) is 0 Å². The molecular formula is C21H25N5. The van der Waals surface area contributed by atoms with Crippen molar-refractivity contribution in [3.05, 3.63) is 60.7 Å². The zero-order valence-electron chi connectivity index (χ0n) is 15.5. The van der Waals surface area contributed by atoms with Gasteiger partial charge in [-0.3, -0.25) is 0 Å². The van der Waals surface area contributed by atoms with E-state index >= 15 is 0 Å². The number of benzene rings is 2. The lowest BCUT2D eigenvalue weighted by Crippen LogP contribution is -2.08. The largest absolute Gasteiger partial charge is 0.378 e. The summed E-state index contributed by atoms with van der Waals surface area (Å²) in [5, 5.41) is 6.67. The summed E-state index contributed by atoms with van der Waals surface area (Å²) >= 11 is 0. The monoisotopic (exact) mass is 347 g/mol. The quantitative estimate of drug-likeness (QED) is 0.644. The number of aromatic nitrogens is 2. The molecule has 0 unspecified atom stereocenters. The standard InChI is InChI=1S/C21H25N5/c1-4-14-22-20-15-19(16-8-6-5-7-9-16)24-21(25-20)23-17-10-12-18(13-11-17)26(2)3/h5-13,15H,4,14H2,1-3H3,(H2,22,23,24,25). The Labute approximate surface area is 155 Å². The third kappa shape index (κ3) is 4.51. The highest BCUT2D eigenvalue weighted by Crippen LogP contribution is 2.24. The van der Waals surface area contributed by atoms with Gasteiger partial charge in [-0.05, 0) is 30.7 Å². The third-order valence-corrected chi connectivity index (χ3v) is 3.99. The van der Waals surface area contributed by atoms with Crippen LogP contribution in [-0.2, 0) is 0 Å². The number of hydrogen-bond donors (Lipinski definition) is 2. The minimum absolute atomic E-state index is 0.586. The van der Waals surface area contributed by atoms with Crippen LogP contribution in [0.5, 0.6) is 0 Å². The molecule has 0 radical (unpaired) electrons. The van der Waals surface area contributed by atoms with E-state index in [4.69, 9.17) is 4.98 Å². The first-order chi connectivity index (χ1) is 12.7. The summed E-state index contributed by atoms with van der Waals surface area (Å²) in [5.41, 5.74) is 4.08. The second kappa shape index (κ2) is 8.34. The van der Waals surface area contributed by atoms with Gasteiger partial charge in [0, 0.05) is 43.6 Å². The Morgan fingerprint density at radius 3 is 2.31 bits per heavy atom. The summed E-state index contributed by atoms with van der Waals surface area (Å²) in [6.45, 7) is 3.01. The van der Waals surface area contributed by atoms with Crippen molar-refractivity contribution in [1.29, 1.82) is 0 Å². The summed E-state index contributed by atoms with van der Waals surface area (Å²) in [7, 11) is 4.06. The molecule has 3 aromatic rings. The Morgan fingerprint density at radius 1 is 0.923 bits per heavy atom. The zero-order chi connectivity index (χ0) is 18.4. The molecule has 0 aliphatic carbocycles. The first kappa shape index (κ1) is 17.7. The maximum atomic E-state index is 4.69. The third-order valence-electron chi connectivity index (χ3n) is 3.99. The molecule has 26 heavy (non-hydrogen) atoms. The molecule has 0 aliphatic rings. The van der Waals surface area contributed by atoms with Crippen LogP contribution in [0.1, 0.15) is 13.3 Å². The molecule has 1 heterocycles. The average Bonchev–Trinajstić information content (AvgIpc) is 2.67. The summed E-state index contributed by atoms with van der Waals surface area (Å²) in [6.07, 6.45) is 1.04. The summed E-state index contributed by atoms with van der Waals surface area (Å²) < 4.78 is 0. The molecular weight excluding hydrogens is 322 g/mol. The number of nitrogens with one attached hydrogen (secondary N) is 2. The summed E-state index contributed by atoms with van der Waals surface area (Å²) in [5.74, 6) is 1.41. The van der Waals surface area contributed by atoms with Gasteiger partial charge in [0.05, 0.1) is 5.69 Å². The lowest BCUT2D eigenvalue weighted by atomic mass is 10.1. The van der Waals surface area contributed by atoms with Crippen LogP contribution in [0.25, 0.3) is 11.3 Å². The molecule has 0 spiro atoms. The first-order valence-corrected chi connectivity index (χ1v) is 8.88. The molecule has 0 amide bonds. The first-order valence-electron chi connectivity index (χ1n) is 8.88. The van der Waals surface area contributed by atoms with Gasteiger partial charge in [0.1, 0.15) is 5.82 Å². The maximum absolute atomic E-state index is 4.69. The van der Waals surface area contributed by atoms with E-state index in [1.54, 1.807) is 0 Å². The Bertz CT molecular complexity index is 829. The molecule has 0 bridgehead atoms. The maximum Gasteiger partial charge on any atom is 0.229 e. The van der Waals surface area contributed by atoms with Crippen molar-refractivity contribution in [3.8, 4) is 11.3 Å². The zero-order valence-corrected chi connectivity index (χ0v) is 15.5. The molecule has 0 saturated carbocycles. The molecule has 1 aromatic heterocycles. The van der Waals surface area contributed by atoms with Crippen molar-refractivity contribution < 1.29 is 0 Å². The van der Waals surface area contributed by atoms with E-state index in [1.165, 1.54) is 0 Å². The Kier molecular flexibility index (Phi) is 5.69. The van der Waals surface area contributed by atoms with Crippen LogP contribution in [-0.4, -0.2) is 30.6 Å². The fourth-order valence-electron chi connectivity index (χ4n) is 2.58. The fourth-order valence-corrected chi connectivity index (χ4v) is 2.58. The van der Waals surface area contributed by atoms with Crippen molar-refractivity contribution in [2.75, 3.05) is 36.2 Å². The van der Waals surface area contributed by atoms with Crippen LogP contribution >= 0.6 is 0 Å². The SMILES string of the molecule is CCCNc1cc(-c2ccccc2)nc(Nc2ccc(N(C)C)cc2)n1. The fraction of sp³-hybridized carbons (Fsp3) is 0.238. The minimum Gasteiger partial charge on any atom is -0.378 e. The topological polar surface area (TPSA) is 53.1 Å². The number of anilines is 4. The molecule has 0 fully saturated rings. The Hall–Kier alpha value is -3.08. The predicted octanol–water partition coefficient (Wildman–Crippen LogP) is 4.78. The van der Waals surface area contributed by atoms with Crippen LogP contribution in [0, 0.1) is 0 Å². The van der Waals surface area contributed by atoms with Crippen LogP contribution in [0.3, 0.4) is 0 Å². The van der Waals surface area contributed by atoms with E-state index < -0.39 is 0 Å². The highest BCUT2D eigenvalue weighted by Gasteiger charge is 2.07. The molecule has 134 valence electrons. The average molecular weight is 347 g/mol. The molecule has 0 saturated heterocycles. The highest BCUT2D eigenvalue weighted by atomic mass is 15.1. The Balaban J connectivity index is 1.89. The molecule has 5 nitrogen and oxygen atoms in total. The highest BCUT2D eigenvalue weighted by molar-refractivity contribution is 5.66. The normalized spacial score (nSPS) is 10.4. The molecule has 2 N–H and O–H groups in total. The van der Waals surface area contributed by atoms with Crippen molar-refractivity contribution >= 4 is 23.1 Å². The van der Waals surface area contributed by atoms with Gasteiger partial charge in [0.15, 0.2) is 0 Å². The van der Waals surface area contributed by atoms with Crippen molar-refractivity contribution in [2.45, 2.75) is 13.3 Å². The van der Waals surface area contributed by atoms with Crippen molar-refractivity contribution in [3.63, 3.8) is 0 Å².